The van der Waals surface area contributed by atoms with Crippen LogP contribution in [0.3, 0.4) is 0 Å². The Morgan fingerprint density at radius 2 is 2.13 bits per heavy atom. The molecule has 1 N–H and O–H groups in total. The molecule has 3 fully saturated rings. The van der Waals surface area contributed by atoms with Gasteiger partial charge in [-0.2, -0.15) is 0 Å². The molecule has 0 unspecified atom stereocenters. The highest BCUT2D eigenvalue weighted by molar-refractivity contribution is 7.80. The van der Waals surface area contributed by atoms with Gasteiger partial charge >= 0.3 is 5.97 Å². The number of piperidine rings is 3. The second-order valence-corrected chi connectivity index (χ2v) is 10.1. The van der Waals surface area contributed by atoms with Gasteiger partial charge in [0.2, 0.25) is 0 Å². The number of likely N-dealkylation sites (tertiary alicyclic amines) is 1. The van der Waals surface area contributed by atoms with E-state index < -0.39 is 5.97 Å². The van der Waals surface area contributed by atoms with E-state index in [9.17, 15) is 4.79 Å². The van der Waals surface area contributed by atoms with Crippen LogP contribution in [-0.2, 0) is 4.74 Å². The number of fused-ring (bicyclic) bond motifs is 6. The molecule has 0 saturated carbocycles. The van der Waals surface area contributed by atoms with E-state index in [1.807, 2.05) is 6.07 Å². The van der Waals surface area contributed by atoms with Crippen molar-refractivity contribution in [1.82, 2.24) is 9.80 Å². The van der Waals surface area contributed by atoms with Crippen LogP contribution in [0.25, 0.3) is 0 Å². The first-order valence-corrected chi connectivity index (χ1v) is 12.2. The first kappa shape index (κ1) is 21.2. The standard InChI is InChI=1S/C24H30ClN3O2S/c1-30-23(29)19-13-18(7-8-20(19)25)26-24(31)28-10-4-5-15-11-16-12-17(22(15)28)14-27-9-3-2-6-21(16)27/h7-8,11,13,16-17,21-22H,2-6,9-10,12,14H2,1H3,(H,26,31)/t16-,17+,21-,22-/m1/s1. The fourth-order valence-electron chi connectivity index (χ4n) is 6.27. The quantitative estimate of drug-likeness (QED) is 0.392. The van der Waals surface area contributed by atoms with Gasteiger partial charge in [-0.05, 0) is 80.9 Å². The molecule has 166 valence electrons. The average molecular weight is 460 g/mol. The van der Waals surface area contributed by atoms with E-state index in [1.165, 1.54) is 52.3 Å². The van der Waals surface area contributed by atoms with E-state index >= 15 is 0 Å². The third-order valence-electron chi connectivity index (χ3n) is 7.54. The number of ether oxygens (including phenoxy) is 1. The van der Waals surface area contributed by atoms with E-state index in [1.54, 1.807) is 17.7 Å². The number of carbonyl (C=O) groups is 1. The summed E-state index contributed by atoms with van der Waals surface area (Å²) in [6.45, 7) is 3.41. The minimum Gasteiger partial charge on any atom is -0.465 e. The zero-order chi connectivity index (χ0) is 21.5. The third-order valence-corrected chi connectivity index (χ3v) is 8.21. The number of thiocarbonyl (C=S) groups is 1. The van der Waals surface area contributed by atoms with Gasteiger partial charge in [0.1, 0.15) is 0 Å². The van der Waals surface area contributed by atoms with E-state index in [0.29, 0.717) is 28.5 Å². The summed E-state index contributed by atoms with van der Waals surface area (Å²) < 4.78 is 4.85. The van der Waals surface area contributed by atoms with Crippen LogP contribution in [0, 0.1) is 11.8 Å². The number of esters is 1. The van der Waals surface area contributed by atoms with E-state index in [-0.39, 0.29) is 0 Å². The van der Waals surface area contributed by atoms with Gasteiger partial charge in [0.05, 0.1) is 23.7 Å². The van der Waals surface area contributed by atoms with Gasteiger partial charge in [-0.3, -0.25) is 4.90 Å². The number of benzene rings is 1. The molecule has 4 aliphatic rings. The van der Waals surface area contributed by atoms with Crippen LogP contribution in [0.15, 0.2) is 29.8 Å². The van der Waals surface area contributed by atoms with Crippen LogP contribution in [0.5, 0.6) is 0 Å². The maximum atomic E-state index is 12.0. The Kier molecular flexibility index (Phi) is 5.97. The molecule has 0 spiro atoms. The minimum atomic E-state index is -0.445. The molecule has 31 heavy (non-hydrogen) atoms. The van der Waals surface area contributed by atoms with E-state index in [4.69, 9.17) is 28.6 Å². The van der Waals surface area contributed by atoms with Gasteiger partial charge < -0.3 is 15.0 Å². The van der Waals surface area contributed by atoms with Gasteiger partial charge in [-0.1, -0.05) is 29.7 Å². The van der Waals surface area contributed by atoms with Gasteiger partial charge in [0, 0.05) is 24.8 Å². The predicted molar refractivity (Wildman–Crippen MR) is 128 cm³/mol. The number of methoxy groups -OCH3 is 1. The summed E-state index contributed by atoms with van der Waals surface area (Å²) in [4.78, 5) is 17.1. The van der Waals surface area contributed by atoms with Crippen molar-refractivity contribution in [2.45, 2.75) is 50.6 Å². The number of rotatable bonds is 2. The van der Waals surface area contributed by atoms with Crippen molar-refractivity contribution in [2.24, 2.45) is 11.8 Å². The minimum absolute atomic E-state index is 0.347. The van der Waals surface area contributed by atoms with Gasteiger partial charge in [-0.15, -0.1) is 0 Å². The van der Waals surface area contributed by atoms with Crippen molar-refractivity contribution >= 4 is 40.6 Å². The number of nitrogens with one attached hydrogen (secondary N) is 1. The highest BCUT2D eigenvalue weighted by Gasteiger charge is 2.46. The van der Waals surface area contributed by atoms with Gasteiger partial charge in [0.25, 0.3) is 0 Å². The lowest BCUT2D eigenvalue weighted by molar-refractivity contribution is 0.0132. The summed E-state index contributed by atoms with van der Waals surface area (Å²) in [5.41, 5.74) is 2.70. The second-order valence-electron chi connectivity index (χ2n) is 9.32. The summed E-state index contributed by atoms with van der Waals surface area (Å²) in [7, 11) is 1.36. The molecule has 1 aromatic carbocycles. The molecule has 1 aromatic rings. The fraction of sp³-hybridized carbons (Fsp3) is 0.583. The van der Waals surface area contributed by atoms with Crippen LogP contribution >= 0.6 is 23.8 Å². The first-order valence-electron chi connectivity index (χ1n) is 11.5. The zero-order valence-electron chi connectivity index (χ0n) is 18.0. The molecule has 5 nitrogen and oxygen atoms in total. The Morgan fingerprint density at radius 3 is 2.97 bits per heavy atom. The SMILES string of the molecule is COC(=O)c1cc(NC(=S)N2CCCC3=C[C@@H]4C[C@@H](CN5CCCC[C@H]45)[C@@H]32)ccc1Cl. The van der Waals surface area contributed by atoms with Crippen LogP contribution < -0.4 is 5.32 Å². The molecular formula is C24H30ClN3O2S. The van der Waals surface area contributed by atoms with Crippen molar-refractivity contribution in [3.05, 3.63) is 40.4 Å². The molecule has 2 bridgehead atoms. The van der Waals surface area contributed by atoms with Gasteiger partial charge in [-0.25, -0.2) is 4.79 Å². The summed E-state index contributed by atoms with van der Waals surface area (Å²) >= 11 is 12.1. The van der Waals surface area contributed by atoms with E-state index in [2.05, 4.69) is 21.2 Å². The Morgan fingerprint density at radius 1 is 1.26 bits per heavy atom. The smallest absolute Gasteiger partial charge is 0.339 e. The van der Waals surface area contributed by atoms with Crippen molar-refractivity contribution in [3.63, 3.8) is 0 Å². The summed E-state index contributed by atoms with van der Waals surface area (Å²) in [5, 5.41) is 4.48. The monoisotopic (exact) mass is 459 g/mol. The van der Waals surface area contributed by atoms with Crippen molar-refractivity contribution in [1.29, 1.82) is 0 Å². The Hall–Kier alpha value is -1.63. The Bertz CT molecular complexity index is 920. The lowest BCUT2D eigenvalue weighted by Crippen LogP contribution is -2.60. The maximum absolute atomic E-state index is 12.0. The number of halogens is 1. The molecule has 0 amide bonds. The summed E-state index contributed by atoms with van der Waals surface area (Å²) in [5.74, 6) is 0.903. The molecule has 5 rings (SSSR count). The molecule has 4 atom stereocenters. The number of hydrogen-bond donors (Lipinski definition) is 1. The number of nitrogens with zero attached hydrogens (tertiary/aromatic N) is 2. The summed E-state index contributed by atoms with van der Waals surface area (Å²) in [6, 6.07) is 6.43. The van der Waals surface area contributed by atoms with Gasteiger partial charge in [0.15, 0.2) is 5.11 Å². The zero-order valence-corrected chi connectivity index (χ0v) is 19.6. The topological polar surface area (TPSA) is 44.8 Å². The first-order chi connectivity index (χ1) is 15.0. The van der Waals surface area contributed by atoms with Crippen molar-refractivity contribution in [2.75, 3.05) is 32.1 Å². The van der Waals surface area contributed by atoms with Crippen LogP contribution in [0.4, 0.5) is 5.69 Å². The lowest BCUT2D eigenvalue weighted by atomic mass is 9.68. The second kappa shape index (κ2) is 8.72. The fourth-order valence-corrected chi connectivity index (χ4v) is 6.78. The molecule has 0 aromatic heterocycles. The molecule has 3 saturated heterocycles. The predicted octanol–water partition coefficient (Wildman–Crippen LogP) is 4.72. The highest BCUT2D eigenvalue weighted by Crippen LogP contribution is 2.45. The summed E-state index contributed by atoms with van der Waals surface area (Å²) in [6.07, 6.45) is 10.3. The molecule has 0 radical (unpaired) electrons. The molecule has 3 aliphatic heterocycles. The van der Waals surface area contributed by atoms with E-state index in [0.717, 1.165) is 29.8 Å². The number of carbonyl (C=O) groups excluding carboxylic acids is 1. The molecular weight excluding hydrogens is 430 g/mol. The normalized spacial score (nSPS) is 30.0. The highest BCUT2D eigenvalue weighted by atomic mass is 35.5. The third kappa shape index (κ3) is 3.98. The van der Waals surface area contributed by atoms with Crippen LogP contribution in [-0.4, -0.2) is 59.7 Å². The Balaban J connectivity index is 1.37. The average Bonchev–Trinajstić information content (AvgIpc) is 2.79. The molecule has 3 heterocycles. The lowest BCUT2D eigenvalue weighted by Gasteiger charge is -2.55. The maximum Gasteiger partial charge on any atom is 0.339 e. The Labute approximate surface area is 194 Å². The van der Waals surface area contributed by atoms with Crippen LogP contribution in [0.1, 0.15) is 48.9 Å². The molecule has 1 aliphatic carbocycles. The molecule has 7 heteroatoms. The van der Waals surface area contributed by atoms with Crippen molar-refractivity contribution in [3.8, 4) is 0 Å². The van der Waals surface area contributed by atoms with Crippen LogP contribution in [0.2, 0.25) is 5.02 Å². The number of hydrogen-bond acceptors (Lipinski definition) is 4. The number of anilines is 1. The van der Waals surface area contributed by atoms with Crippen molar-refractivity contribution < 1.29 is 9.53 Å². The largest absolute Gasteiger partial charge is 0.465 e.